The van der Waals surface area contributed by atoms with Gasteiger partial charge in [-0.3, -0.25) is 0 Å². The van der Waals surface area contributed by atoms with E-state index in [1.54, 1.807) is 0 Å². The molecule has 0 aliphatic carbocycles. The van der Waals surface area contributed by atoms with Crippen molar-refractivity contribution in [2.45, 2.75) is 18.3 Å². The second kappa shape index (κ2) is 5.91. The Kier molecular flexibility index (Phi) is 4.36. The van der Waals surface area contributed by atoms with Crippen molar-refractivity contribution in [2.24, 2.45) is 0 Å². The van der Waals surface area contributed by atoms with Gasteiger partial charge in [0.1, 0.15) is 11.6 Å². The van der Waals surface area contributed by atoms with Crippen molar-refractivity contribution in [3.8, 4) is 0 Å². The van der Waals surface area contributed by atoms with Crippen molar-refractivity contribution in [1.82, 2.24) is 15.0 Å². The highest BCUT2D eigenvalue weighted by atomic mass is 35.5. The summed E-state index contributed by atoms with van der Waals surface area (Å²) in [7, 11) is 0. The molecule has 0 aliphatic rings. The molecule has 0 saturated heterocycles. The van der Waals surface area contributed by atoms with E-state index < -0.39 is 34.8 Å². The predicted molar refractivity (Wildman–Crippen MR) is 72.4 cm³/mol. The zero-order valence-electron chi connectivity index (χ0n) is 11.1. The van der Waals surface area contributed by atoms with Crippen LogP contribution in [0, 0.1) is 11.6 Å². The lowest BCUT2D eigenvalue weighted by Gasteiger charge is -2.16. The smallest absolute Gasteiger partial charge is 0.368 e. The molecule has 5 nitrogen and oxygen atoms in total. The van der Waals surface area contributed by atoms with Gasteiger partial charge in [0.05, 0.1) is 6.04 Å². The highest BCUT2D eigenvalue weighted by Crippen LogP contribution is 2.30. The number of nitrogen functional groups attached to an aromatic ring is 1. The quantitative estimate of drug-likeness (QED) is 0.663. The fourth-order valence-electron chi connectivity index (χ4n) is 1.70. The monoisotopic (exact) mass is 335 g/mol. The number of hydrogen-bond acceptors (Lipinski definition) is 5. The maximum Gasteiger partial charge on any atom is 0.381 e. The number of rotatable bonds is 4. The molecule has 1 aromatic heterocycles. The first-order chi connectivity index (χ1) is 10.2. The highest BCUT2D eigenvalue weighted by molar-refractivity contribution is 6.21. The van der Waals surface area contributed by atoms with Gasteiger partial charge in [0, 0.05) is 5.56 Å². The Morgan fingerprint density at radius 1 is 1.23 bits per heavy atom. The summed E-state index contributed by atoms with van der Waals surface area (Å²) in [4.78, 5) is 10.2. The molecule has 1 atom stereocenters. The molecule has 2 aromatic rings. The van der Waals surface area contributed by atoms with Crippen LogP contribution in [0.25, 0.3) is 0 Å². The summed E-state index contributed by atoms with van der Waals surface area (Å²) < 4.78 is 52.8. The molecule has 1 heterocycles. The van der Waals surface area contributed by atoms with E-state index in [2.05, 4.69) is 20.3 Å². The summed E-state index contributed by atoms with van der Waals surface area (Å²) >= 11 is 4.82. The van der Waals surface area contributed by atoms with Crippen LogP contribution in [-0.4, -0.2) is 15.0 Å². The van der Waals surface area contributed by atoms with Crippen molar-refractivity contribution in [3.63, 3.8) is 0 Å². The molecule has 22 heavy (non-hydrogen) atoms. The van der Waals surface area contributed by atoms with E-state index in [0.717, 1.165) is 18.2 Å². The minimum absolute atomic E-state index is 0.0295. The van der Waals surface area contributed by atoms with Crippen LogP contribution >= 0.6 is 11.6 Å². The Labute approximate surface area is 127 Å². The van der Waals surface area contributed by atoms with Gasteiger partial charge in [-0.1, -0.05) is 0 Å². The molecule has 1 aromatic carbocycles. The third-order valence-corrected chi connectivity index (χ3v) is 2.85. The summed E-state index contributed by atoms with van der Waals surface area (Å²) in [5.74, 6) is -3.19. The largest absolute Gasteiger partial charge is 0.381 e. The van der Waals surface area contributed by atoms with E-state index in [4.69, 9.17) is 17.3 Å². The Hall–Kier alpha value is -2.16. The van der Waals surface area contributed by atoms with E-state index in [9.17, 15) is 17.6 Å². The van der Waals surface area contributed by atoms with Crippen LogP contribution < -0.4 is 11.1 Å². The molecule has 0 fully saturated rings. The minimum atomic E-state index is -3.83. The van der Waals surface area contributed by atoms with Crippen LogP contribution in [0.3, 0.4) is 0 Å². The SMILES string of the molecule is CC(Nc1nc(N)nc(C(F)(F)Cl)n1)c1cc(F)ccc1F. The Morgan fingerprint density at radius 3 is 2.55 bits per heavy atom. The van der Waals surface area contributed by atoms with Gasteiger partial charge in [0.2, 0.25) is 17.7 Å². The predicted octanol–water partition coefficient (Wildman–Crippen LogP) is 3.19. The molecule has 3 N–H and O–H groups in total. The Bertz CT molecular complexity index is 692. The van der Waals surface area contributed by atoms with E-state index in [1.807, 2.05) is 0 Å². The first kappa shape index (κ1) is 16.2. The van der Waals surface area contributed by atoms with Crippen LogP contribution in [0.2, 0.25) is 0 Å². The number of halogens is 5. The number of benzene rings is 1. The third-order valence-electron chi connectivity index (χ3n) is 2.68. The maximum atomic E-state index is 13.6. The molecule has 0 bridgehead atoms. The fraction of sp³-hybridized carbons (Fsp3) is 0.250. The van der Waals surface area contributed by atoms with Gasteiger partial charge in [0.15, 0.2) is 0 Å². The van der Waals surface area contributed by atoms with Crippen molar-refractivity contribution in [2.75, 3.05) is 11.1 Å². The summed E-state index contributed by atoms with van der Waals surface area (Å²) in [6.07, 6.45) is 0. The maximum absolute atomic E-state index is 13.6. The van der Waals surface area contributed by atoms with Crippen LogP contribution in [0.5, 0.6) is 0 Å². The van der Waals surface area contributed by atoms with Crippen LogP contribution in [-0.2, 0) is 5.38 Å². The molecule has 0 saturated carbocycles. The Morgan fingerprint density at radius 2 is 1.91 bits per heavy atom. The van der Waals surface area contributed by atoms with E-state index >= 15 is 0 Å². The molecule has 0 radical (unpaired) electrons. The summed E-state index contributed by atoms with van der Waals surface area (Å²) in [6.45, 7) is 1.47. The van der Waals surface area contributed by atoms with Crippen LogP contribution in [0.15, 0.2) is 18.2 Å². The number of nitrogens with zero attached hydrogens (tertiary/aromatic N) is 3. The van der Waals surface area contributed by atoms with Crippen molar-refractivity contribution >= 4 is 23.5 Å². The number of hydrogen-bond donors (Lipinski definition) is 2. The van der Waals surface area contributed by atoms with Gasteiger partial charge in [0.25, 0.3) is 0 Å². The second-order valence-corrected chi connectivity index (χ2v) is 4.85. The number of nitrogens with one attached hydrogen (secondary N) is 1. The van der Waals surface area contributed by atoms with Crippen molar-refractivity contribution in [3.05, 3.63) is 41.2 Å². The second-order valence-electron chi connectivity index (χ2n) is 4.37. The number of nitrogens with two attached hydrogens (primary N) is 1. The first-order valence-corrected chi connectivity index (χ1v) is 6.35. The number of aromatic nitrogens is 3. The van der Waals surface area contributed by atoms with Gasteiger partial charge in [-0.15, -0.1) is 0 Å². The topological polar surface area (TPSA) is 76.7 Å². The standard InChI is InChI=1S/C12H10ClF4N5/c1-5(7-4-6(14)2-3-8(7)15)19-11-21-9(12(13,16)17)20-10(18)22-11/h2-5H,1H3,(H3,18,19,20,21,22). The molecule has 2 rings (SSSR count). The van der Waals surface area contributed by atoms with Gasteiger partial charge in [-0.25, -0.2) is 8.78 Å². The third kappa shape index (κ3) is 3.73. The summed E-state index contributed by atoms with van der Waals surface area (Å²) in [6, 6.07) is 2.06. The molecule has 1 unspecified atom stereocenters. The lowest BCUT2D eigenvalue weighted by Crippen LogP contribution is -2.17. The zero-order valence-corrected chi connectivity index (χ0v) is 11.9. The Balaban J connectivity index is 2.30. The minimum Gasteiger partial charge on any atom is -0.368 e. The molecule has 0 spiro atoms. The molecule has 0 amide bonds. The molecule has 0 aliphatic heterocycles. The van der Waals surface area contributed by atoms with E-state index in [0.29, 0.717) is 0 Å². The average Bonchev–Trinajstić information content (AvgIpc) is 2.39. The zero-order chi connectivity index (χ0) is 16.5. The van der Waals surface area contributed by atoms with E-state index in [-0.39, 0.29) is 11.5 Å². The fourth-order valence-corrected chi connectivity index (χ4v) is 1.79. The average molecular weight is 336 g/mol. The van der Waals surface area contributed by atoms with Gasteiger partial charge in [-0.05, 0) is 36.7 Å². The van der Waals surface area contributed by atoms with Crippen molar-refractivity contribution in [1.29, 1.82) is 0 Å². The lowest BCUT2D eigenvalue weighted by molar-refractivity contribution is 0.0845. The van der Waals surface area contributed by atoms with Crippen molar-refractivity contribution < 1.29 is 17.6 Å². The normalized spacial score (nSPS) is 13.0. The summed E-state index contributed by atoms with van der Waals surface area (Å²) in [5.41, 5.74) is 5.27. The molecular weight excluding hydrogens is 326 g/mol. The highest BCUT2D eigenvalue weighted by Gasteiger charge is 2.33. The number of anilines is 2. The van der Waals surface area contributed by atoms with Gasteiger partial charge in [-0.2, -0.15) is 23.7 Å². The van der Waals surface area contributed by atoms with Gasteiger partial charge >= 0.3 is 5.38 Å². The lowest BCUT2D eigenvalue weighted by atomic mass is 10.1. The van der Waals surface area contributed by atoms with Gasteiger partial charge < -0.3 is 11.1 Å². The summed E-state index contributed by atoms with van der Waals surface area (Å²) in [5, 5.41) is -1.29. The molecule has 118 valence electrons. The molecule has 10 heteroatoms. The van der Waals surface area contributed by atoms with Crippen LogP contribution in [0.1, 0.15) is 24.4 Å². The van der Waals surface area contributed by atoms with Crippen LogP contribution in [0.4, 0.5) is 29.5 Å². The van der Waals surface area contributed by atoms with E-state index in [1.165, 1.54) is 6.92 Å². The molecular formula is C12H10ClF4N5. The first-order valence-electron chi connectivity index (χ1n) is 5.97. The number of alkyl halides is 3.